The molecule has 0 radical (unpaired) electrons. The summed E-state index contributed by atoms with van der Waals surface area (Å²) in [5.74, 6) is -0.340. The number of pyridine rings is 1. The number of halogens is 1. The van der Waals surface area contributed by atoms with Crippen molar-refractivity contribution in [2.24, 2.45) is 0 Å². The number of carbonyl (C=O) groups is 1. The van der Waals surface area contributed by atoms with Gasteiger partial charge in [0.1, 0.15) is 6.29 Å². The number of carbonyl (C=O) groups excluding carboxylic acids is 1. The van der Waals surface area contributed by atoms with Crippen molar-refractivity contribution in [2.75, 3.05) is 0 Å². The van der Waals surface area contributed by atoms with E-state index in [1.807, 2.05) is 56.3 Å². The molecule has 3 nitrogen and oxygen atoms in total. The fraction of sp³-hybridized carbons (Fsp3) is 0.238. The van der Waals surface area contributed by atoms with Crippen molar-refractivity contribution in [3.05, 3.63) is 69.1 Å². The smallest absolute Gasteiger partial charge is 0.256 e. The van der Waals surface area contributed by atoms with Crippen molar-refractivity contribution in [3.63, 3.8) is 0 Å². The SMILES string of the molecule is CCCC(C=O)c1[nH]c(=O)c2ccc(C)cc2c1-c1ccc(Cl)cc1. The molecule has 0 aliphatic heterocycles. The molecule has 3 aromatic rings. The number of hydrogen-bond acceptors (Lipinski definition) is 2. The second-order valence-corrected chi connectivity index (χ2v) is 6.77. The number of aryl methyl sites for hydroxylation is 1. The Kier molecular flexibility index (Phi) is 5.05. The van der Waals surface area contributed by atoms with Gasteiger partial charge < -0.3 is 9.78 Å². The number of fused-ring (bicyclic) bond motifs is 1. The zero-order valence-corrected chi connectivity index (χ0v) is 15.1. The molecule has 1 aromatic heterocycles. The number of benzene rings is 2. The lowest BCUT2D eigenvalue weighted by Gasteiger charge is -2.18. The van der Waals surface area contributed by atoms with Crippen molar-refractivity contribution in [3.8, 4) is 11.1 Å². The van der Waals surface area contributed by atoms with Gasteiger partial charge in [-0.15, -0.1) is 0 Å². The quantitative estimate of drug-likeness (QED) is 0.638. The molecule has 1 atom stereocenters. The molecule has 2 aromatic carbocycles. The summed E-state index contributed by atoms with van der Waals surface area (Å²) in [5, 5.41) is 2.14. The molecule has 1 unspecified atom stereocenters. The predicted molar refractivity (Wildman–Crippen MR) is 103 cm³/mol. The molecule has 0 amide bonds. The van der Waals surface area contributed by atoms with Crippen LogP contribution in [0.3, 0.4) is 0 Å². The average molecular weight is 354 g/mol. The van der Waals surface area contributed by atoms with E-state index in [0.29, 0.717) is 22.5 Å². The van der Waals surface area contributed by atoms with Crippen LogP contribution in [-0.2, 0) is 4.79 Å². The van der Waals surface area contributed by atoms with Crippen LogP contribution in [0.15, 0.2) is 47.3 Å². The summed E-state index contributed by atoms with van der Waals surface area (Å²) < 4.78 is 0. The van der Waals surface area contributed by atoms with Crippen molar-refractivity contribution in [2.45, 2.75) is 32.6 Å². The van der Waals surface area contributed by atoms with Crippen molar-refractivity contribution < 1.29 is 4.79 Å². The van der Waals surface area contributed by atoms with Gasteiger partial charge in [-0.3, -0.25) is 4.79 Å². The van der Waals surface area contributed by atoms with Crippen LogP contribution in [-0.4, -0.2) is 11.3 Å². The summed E-state index contributed by atoms with van der Waals surface area (Å²) >= 11 is 6.03. The second kappa shape index (κ2) is 7.24. The number of aromatic nitrogens is 1. The molecule has 3 rings (SSSR count). The normalized spacial score (nSPS) is 12.3. The first kappa shape index (κ1) is 17.4. The molecule has 1 N–H and O–H groups in total. The molecule has 0 spiro atoms. The molecule has 4 heteroatoms. The summed E-state index contributed by atoms with van der Waals surface area (Å²) in [6.45, 7) is 4.02. The summed E-state index contributed by atoms with van der Waals surface area (Å²) in [6, 6.07) is 13.3. The third-order valence-electron chi connectivity index (χ3n) is 4.47. The van der Waals surface area contributed by atoms with Crippen LogP contribution in [0.1, 0.15) is 36.9 Å². The Morgan fingerprint density at radius 1 is 1.12 bits per heavy atom. The lowest BCUT2D eigenvalue weighted by molar-refractivity contribution is -0.109. The maximum absolute atomic E-state index is 12.6. The fourth-order valence-corrected chi connectivity index (χ4v) is 3.38. The molecule has 0 bridgehead atoms. The van der Waals surface area contributed by atoms with Crippen LogP contribution in [0, 0.1) is 6.92 Å². The average Bonchev–Trinajstić information content (AvgIpc) is 2.60. The third-order valence-corrected chi connectivity index (χ3v) is 4.73. The van der Waals surface area contributed by atoms with E-state index >= 15 is 0 Å². The van der Waals surface area contributed by atoms with Crippen LogP contribution < -0.4 is 5.56 Å². The van der Waals surface area contributed by atoms with Gasteiger partial charge >= 0.3 is 0 Å². The van der Waals surface area contributed by atoms with E-state index in [1.54, 1.807) is 0 Å². The monoisotopic (exact) mass is 353 g/mol. The van der Waals surface area contributed by atoms with Crippen LogP contribution in [0.2, 0.25) is 5.02 Å². The topological polar surface area (TPSA) is 49.9 Å². The second-order valence-electron chi connectivity index (χ2n) is 6.33. The number of nitrogens with one attached hydrogen (secondary N) is 1. The molecule has 128 valence electrons. The zero-order valence-electron chi connectivity index (χ0n) is 14.3. The molecule has 0 saturated carbocycles. The highest BCUT2D eigenvalue weighted by molar-refractivity contribution is 6.30. The molecule has 0 saturated heterocycles. The van der Waals surface area contributed by atoms with Crippen LogP contribution in [0.25, 0.3) is 21.9 Å². The highest BCUT2D eigenvalue weighted by atomic mass is 35.5. The van der Waals surface area contributed by atoms with Gasteiger partial charge in [-0.1, -0.05) is 54.8 Å². The maximum atomic E-state index is 12.6. The largest absolute Gasteiger partial charge is 0.324 e. The Labute approximate surface area is 151 Å². The van der Waals surface area contributed by atoms with Gasteiger partial charge in [-0.25, -0.2) is 0 Å². The molecule has 0 aliphatic carbocycles. The summed E-state index contributed by atoms with van der Waals surface area (Å²) in [7, 11) is 0. The van der Waals surface area contributed by atoms with Gasteiger partial charge in [-0.2, -0.15) is 0 Å². The number of aldehydes is 1. The van der Waals surface area contributed by atoms with E-state index in [-0.39, 0.29) is 11.5 Å². The molecular weight excluding hydrogens is 334 g/mol. The van der Waals surface area contributed by atoms with Gasteiger partial charge in [0.05, 0.1) is 5.92 Å². The van der Waals surface area contributed by atoms with E-state index in [0.717, 1.165) is 34.8 Å². The summed E-state index contributed by atoms with van der Waals surface area (Å²) in [6.07, 6.45) is 2.48. The van der Waals surface area contributed by atoms with E-state index < -0.39 is 0 Å². The van der Waals surface area contributed by atoms with Crippen molar-refractivity contribution in [1.29, 1.82) is 0 Å². The highest BCUT2D eigenvalue weighted by Gasteiger charge is 2.20. The zero-order chi connectivity index (χ0) is 18.0. The Hall–Kier alpha value is -2.39. The Morgan fingerprint density at radius 2 is 1.84 bits per heavy atom. The minimum Gasteiger partial charge on any atom is -0.324 e. The number of aromatic amines is 1. The van der Waals surface area contributed by atoms with Gasteiger partial charge in [0.15, 0.2) is 0 Å². The van der Waals surface area contributed by atoms with Crippen LogP contribution in [0.5, 0.6) is 0 Å². The van der Waals surface area contributed by atoms with E-state index in [4.69, 9.17) is 11.6 Å². The van der Waals surface area contributed by atoms with Crippen molar-refractivity contribution >= 4 is 28.7 Å². The molecule has 0 aliphatic rings. The minimum atomic E-state index is -0.340. The maximum Gasteiger partial charge on any atom is 0.256 e. The first-order valence-corrected chi connectivity index (χ1v) is 8.80. The van der Waals surface area contributed by atoms with Gasteiger partial charge in [0.25, 0.3) is 5.56 Å². The molecular formula is C21H20ClNO2. The molecule has 0 fully saturated rings. The van der Waals surface area contributed by atoms with E-state index in [1.165, 1.54) is 0 Å². The first-order valence-electron chi connectivity index (χ1n) is 8.43. The third kappa shape index (κ3) is 3.38. The lowest BCUT2D eigenvalue weighted by Crippen LogP contribution is -2.15. The number of H-pyrrole nitrogens is 1. The standard InChI is InChI=1S/C21H20ClNO2/c1-3-4-15(12-24)20-19(14-6-8-16(22)9-7-14)18-11-13(2)5-10-17(18)21(25)23-20/h5-12,15H,3-4H2,1-2H3,(H,23,25). The predicted octanol–water partition coefficient (Wildman–Crippen LogP) is 5.24. The van der Waals surface area contributed by atoms with Crippen LogP contribution in [0.4, 0.5) is 0 Å². The highest BCUT2D eigenvalue weighted by Crippen LogP contribution is 2.35. The number of hydrogen-bond donors (Lipinski definition) is 1. The Bertz CT molecular complexity index is 974. The lowest BCUT2D eigenvalue weighted by atomic mass is 9.89. The fourth-order valence-electron chi connectivity index (χ4n) is 3.26. The van der Waals surface area contributed by atoms with Crippen molar-refractivity contribution in [1.82, 2.24) is 4.98 Å². The Morgan fingerprint density at radius 3 is 2.48 bits per heavy atom. The van der Waals surface area contributed by atoms with Crippen LogP contribution >= 0.6 is 11.6 Å². The summed E-state index contributed by atoms with van der Waals surface area (Å²) in [4.78, 5) is 27.3. The van der Waals surface area contributed by atoms with Gasteiger partial charge in [0.2, 0.25) is 0 Å². The first-order chi connectivity index (χ1) is 12.0. The molecule has 25 heavy (non-hydrogen) atoms. The molecule has 1 heterocycles. The summed E-state index contributed by atoms with van der Waals surface area (Å²) in [5.41, 5.74) is 3.43. The Balaban J connectivity index is 2.41. The number of rotatable bonds is 5. The minimum absolute atomic E-state index is 0.161. The van der Waals surface area contributed by atoms with Gasteiger partial charge in [-0.05, 0) is 42.5 Å². The van der Waals surface area contributed by atoms with E-state index in [9.17, 15) is 9.59 Å². The van der Waals surface area contributed by atoms with Gasteiger partial charge in [0, 0.05) is 21.7 Å². The van der Waals surface area contributed by atoms with E-state index in [2.05, 4.69) is 4.98 Å².